The van der Waals surface area contributed by atoms with E-state index >= 15 is 0 Å². The molecule has 0 fully saturated rings. The minimum atomic E-state index is -0.215. The molecule has 0 aliphatic rings. The van der Waals surface area contributed by atoms with Gasteiger partial charge in [-0.05, 0) is 31.3 Å². The SMILES string of the molecule is C#CCNC(=O)CN(C)CC(=O)Nc1ccc(OC)cc1. The summed E-state index contributed by atoms with van der Waals surface area (Å²) in [5.74, 6) is 2.62. The number of nitrogens with zero attached hydrogens (tertiary/aromatic N) is 1. The van der Waals surface area contributed by atoms with Crippen molar-refractivity contribution in [2.24, 2.45) is 0 Å². The van der Waals surface area contributed by atoms with Gasteiger partial charge in [-0.15, -0.1) is 6.42 Å². The molecule has 1 aromatic rings. The molecule has 2 amide bonds. The third-order valence-corrected chi connectivity index (χ3v) is 2.59. The van der Waals surface area contributed by atoms with E-state index in [1.165, 1.54) is 0 Å². The molecule has 0 bridgehead atoms. The van der Waals surface area contributed by atoms with Crippen molar-refractivity contribution in [1.29, 1.82) is 0 Å². The average Bonchev–Trinajstić information content (AvgIpc) is 2.45. The standard InChI is InChI=1S/C15H19N3O3/c1-4-9-16-14(19)10-18(2)11-15(20)17-12-5-7-13(21-3)8-6-12/h1,5-8H,9-11H2,2-3H3,(H,16,19)(H,17,20). The molecule has 112 valence electrons. The Hall–Kier alpha value is -2.52. The Morgan fingerprint density at radius 2 is 1.86 bits per heavy atom. The minimum absolute atomic E-state index is 0.107. The van der Waals surface area contributed by atoms with Crippen LogP contribution in [-0.2, 0) is 9.59 Å². The molecule has 0 aromatic heterocycles. The largest absolute Gasteiger partial charge is 0.497 e. The molecule has 6 heteroatoms. The van der Waals surface area contributed by atoms with E-state index in [2.05, 4.69) is 16.6 Å². The summed E-state index contributed by atoms with van der Waals surface area (Å²) in [4.78, 5) is 24.9. The van der Waals surface area contributed by atoms with E-state index in [1.807, 2.05) is 0 Å². The predicted molar refractivity (Wildman–Crippen MR) is 81.0 cm³/mol. The zero-order chi connectivity index (χ0) is 15.7. The zero-order valence-electron chi connectivity index (χ0n) is 12.2. The van der Waals surface area contributed by atoms with Crippen LogP contribution in [0.3, 0.4) is 0 Å². The summed E-state index contributed by atoms with van der Waals surface area (Å²) in [6.07, 6.45) is 5.04. The third kappa shape index (κ3) is 6.45. The quantitative estimate of drug-likeness (QED) is 0.709. The lowest BCUT2D eigenvalue weighted by Crippen LogP contribution is -2.39. The second kappa shape index (κ2) is 8.61. The van der Waals surface area contributed by atoms with Crippen LogP contribution in [0.25, 0.3) is 0 Å². The monoisotopic (exact) mass is 289 g/mol. The average molecular weight is 289 g/mol. The number of hydrogen-bond acceptors (Lipinski definition) is 4. The molecule has 0 spiro atoms. The third-order valence-electron chi connectivity index (χ3n) is 2.59. The van der Waals surface area contributed by atoms with Gasteiger partial charge in [0.15, 0.2) is 0 Å². The predicted octanol–water partition coefficient (Wildman–Crippen LogP) is 0.315. The van der Waals surface area contributed by atoms with Crippen molar-refractivity contribution in [1.82, 2.24) is 10.2 Å². The Kier molecular flexibility index (Phi) is 6.78. The van der Waals surface area contributed by atoms with E-state index in [4.69, 9.17) is 11.2 Å². The number of hydrogen-bond donors (Lipinski definition) is 2. The number of rotatable bonds is 7. The van der Waals surface area contributed by atoms with Crippen molar-refractivity contribution >= 4 is 17.5 Å². The molecule has 0 unspecified atom stereocenters. The molecule has 0 heterocycles. The van der Waals surface area contributed by atoms with Crippen molar-refractivity contribution < 1.29 is 14.3 Å². The van der Waals surface area contributed by atoms with Crippen LogP contribution in [0.2, 0.25) is 0 Å². The molecule has 0 aliphatic heterocycles. The number of benzene rings is 1. The number of carbonyl (C=O) groups is 2. The van der Waals surface area contributed by atoms with E-state index < -0.39 is 0 Å². The van der Waals surface area contributed by atoms with Crippen LogP contribution < -0.4 is 15.4 Å². The first-order valence-corrected chi connectivity index (χ1v) is 6.37. The fraction of sp³-hybridized carbons (Fsp3) is 0.333. The smallest absolute Gasteiger partial charge is 0.238 e. The summed E-state index contributed by atoms with van der Waals surface area (Å²) in [5, 5.41) is 5.28. The van der Waals surface area contributed by atoms with Gasteiger partial charge >= 0.3 is 0 Å². The van der Waals surface area contributed by atoms with Crippen LogP contribution in [0.5, 0.6) is 5.75 Å². The van der Waals surface area contributed by atoms with Crippen LogP contribution in [0.1, 0.15) is 0 Å². The number of ether oxygens (including phenoxy) is 1. The summed E-state index contributed by atoms with van der Waals surface area (Å²) in [6.45, 7) is 0.401. The highest BCUT2D eigenvalue weighted by Crippen LogP contribution is 2.14. The second-order valence-corrected chi connectivity index (χ2v) is 4.43. The topological polar surface area (TPSA) is 70.7 Å². The summed E-state index contributed by atoms with van der Waals surface area (Å²) >= 11 is 0. The minimum Gasteiger partial charge on any atom is -0.497 e. The Labute approximate surface area is 124 Å². The first-order valence-electron chi connectivity index (χ1n) is 6.37. The number of methoxy groups -OCH3 is 1. The van der Waals surface area contributed by atoms with Gasteiger partial charge in [-0.25, -0.2) is 0 Å². The van der Waals surface area contributed by atoms with Gasteiger partial charge in [-0.2, -0.15) is 0 Å². The normalized spacial score (nSPS) is 9.81. The van der Waals surface area contributed by atoms with Crippen molar-refractivity contribution in [3.05, 3.63) is 24.3 Å². The first-order chi connectivity index (χ1) is 10.0. The molecule has 0 atom stereocenters. The Bertz CT molecular complexity index is 520. The van der Waals surface area contributed by atoms with Gasteiger partial charge < -0.3 is 15.4 Å². The van der Waals surface area contributed by atoms with E-state index in [1.54, 1.807) is 43.3 Å². The maximum Gasteiger partial charge on any atom is 0.238 e. The maximum absolute atomic E-state index is 11.8. The summed E-state index contributed by atoms with van der Waals surface area (Å²) < 4.78 is 5.04. The van der Waals surface area contributed by atoms with Crippen LogP contribution in [0.4, 0.5) is 5.69 Å². The van der Waals surface area contributed by atoms with E-state index in [9.17, 15) is 9.59 Å². The lowest BCUT2D eigenvalue weighted by atomic mass is 10.3. The van der Waals surface area contributed by atoms with Gasteiger partial charge in [-0.1, -0.05) is 5.92 Å². The lowest BCUT2D eigenvalue weighted by Gasteiger charge is -2.15. The Balaban J connectivity index is 2.38. The van der Waals surface area contributed by atoms with Crippen LogP contribution in [-0.4, -0.2) is 50.5 Å². The van der Waals surface area contributed by atoms with Crippen LogP contribution in [0, 0.1) is 12.3 Å². The molecule has 21 heavy (non-hydrogen) atoms. The number of terminal acetylenes is 1. The number of likely N-dealkylation sites (N-methyl/N-ethyl adjacent to an activating group) is 1. The summed E-state index contributed by atoms with van der Waals surface area (Å²) in [7, 11) is 3.26. The van der Waals surface area contributed by atoms with Crippen LogP contribution in [0.15, 0.2) is 24.3 Å². The van der Waals surface area contributed by atoms with Gasteiger partial charge in [0.05, 0.1) is 26.7 Å². The van der Waals surface area contributed by atoms with Crippen molar-refractivity contribution in [2.45, 2.75) is 0 Å². The summed E-state index contributed by atoms with van der Waals surface area (Å²) in [6, 6.07) is 7.01. The molecule has 1 rings (SSSR count). The highest BCUT2D eigenvalue weighted by Gasteiger charge is 2.10. The van der Waals surface area contributed by atoms with Gasteiger partial charge in [0.2, 0.25) is 11.8 Å². The van der Waals surface area contributed by atoms with Gasteiger partial charge in [0.1, 0.15) is 5.75 Å². The molecule has 0 saturated carbocycles. The molecule has 2 N–H and O–H groups in total. The highest BCUT2D eigenvalue weighted by atomic mass is 16.5. The summed E-state index contributed by atoms with van der Waals surface area (Å²) in [5.41, 5.74) is 0.672. The van der Waals surface area contributed by atoms with E-state index in [-0.39, 0.29) is 31.4 Å². The van der Waals surface area contributed by atoms with Crippen LogP contribution >= 0.6 is 0 Å². The molecular weight excluding hydrogens is 270 g/mol. The number of nitrogens with one attached hydrogen (secondary N) is 2. The van der Waals surface area contributed by atoms with E-state index in [0.717, 1.165) is 5.75 Å². The number of carbonyl (C=O) groups excluding carboxylic acids is 2. The lowest BCUT2D eigenvalue weighted by molar-refractivity contribution is -0.122. The molecule has 0 saturated heterocycles. The van der Waals surface area contributed by atoms with Crippen molar-refractivity contribution in [2.75, 3.05) is 39.1 Å². The van der Waals surface area contributed by atoms with Gasteiger partial charge in [0.25, 0.3) is 0 Å². The Morgan fingerprint density at radius 1 is 1.24 bits per heavy atom. The van der Waals surface area contributed by atoms with Crippen molar-refractivity contribution in [3.63, 3.8) is 0 Å². The Morgan fingerprint density at radius 3 is 2.43 bits per heavy atom. The fourth-order valence-electron chi connectivity index (χ4n) is 1.63. The highest BCUT2D eigenvalue weighted by molar-refractivity contribution is 5.92. The maximum atomic E-state index is 11.8. The zero-order valence-corrected chi connectivity index (χ0v) is 12.2. The molecule has 6 nitrogen and oxygen atoms in total. The van der Waals surface area contributed by atoms with Gasteiger partial charge in [-0.3, -0.25) is 14.5 Å². The molecule has 1 aromatic carbocycles. The van der Waals surface area contributed by atoms with E-state index in [0.29, 0.717) is 5.69 Å². The molecule has 0 aliphatic carbocycles. The van der Waals surface area contributed by atoms with Crippen molar-refractivity contribution in [3.8, 4) is 18.1 Å². The first kappa shape index (κ1) is 16.5. The molecular formula is C15H19N3O3. The number of anilines is 1. The van der Waals surface area contributed by atoms with Gasteiger partial charge in [0, 0.05) is 5.69 Å². The number of amides is 2. The molecule has 0 radical (unpaired) electrons. The fourth-order valence-corrected chi connectivity index (χ4v) is 1.63. The second-order valence-electron chi connectivity index (χ2n) is 4.43.